The Labute approximate surface area is 234 Å². The Morgan fingerprint density at radius 2 is 1.79 bits per heavy atom. The number of hydrogen-bond acceptors (Lipinski definition) is 7. The molecule has 5 fully saturated rings. The Morgan fingerprint density at radius 3 is 2.46 bits per heavy atom. The Hall–Kier alpha value is -1.02. The van der Waals surface area contributed by atoms with Crippen molar-refractivity contribution in [1.29, 1.82) is 0 Å². The number of rotatable bonds is 5. The molecule has 7 nitrogen and oxygen atoms in total. The smallest absolute Gasteiger partial charge is 0.303 e. The van der Waals surface area contributed by atoms with Gasteiger partial charge in [-0.15, -0.1) is 0 Å². The van der Waals surface area contributed by atoms with Crippen LogP contribution in [0.15, 0.2) is 0 Å². The summed E-state index contributed by atoms with van der Waals surface area (Å²) in [6, 6.07) is 0. The number of hydrogen-bond donors (Lipinski definition) is 2. The quantitative estimate of drug-likeness (QED) is 0.444. The molecule has 222 valence electrons. The van der Waals surface area contributed by atoms with Crippen LogP contribution in [-0.2, 0) is 23.8 Å². The molecule has 1 heterocycles. The zero-order valence-electron chi connectivity index (χ0n) is 25.4. The lowest BCUT2D eigenvalue weighted by atomic mass is 9.44. The zero-order chi connectivity index (χ0) is 28.8. The largest absolute Gasteiger partial charge is 0.460 e. The molecule has 7 heteroatoms. The number of esters is 1. The number of Topliss-reactive ketones (excluding diaryl/α,β-unsaturated/α-hetero) is 1. The molecule has 5 aliphatic rings. The van der Waals surface area contributed by atoms with Gasteiger partial charge in [-0.1, -0.05) is 20.8 Å². The predicted molar refractivity (Wildman–Crippen MR) is 146 cm³/mol. The first kappa shape index (κ1) is 29.5. The van der Waals surface area contributed by atoms with Crippen molar-refractivity contribution in [3.8, 4) is 0 Å². The van der Waals surface area contributed by atoms with Gasteiger partial charge in [0.2, 0.25) is 0 Å². The molecule has 12 atom stereocenters. The van der Waals surface area contributed by atoms with E-state index in [-0.39, 0.29) is 28.6 Å². The fourth-order valence-electron chi connectivity index (χ4n) is 10.6. The summed E-state index contributed by atoms with van der Waals surface area (Å²) >= 11 is 0. The average molecular weight is 549 g/mol. The normalized spacial score (nSPS) is 50.6. The number of ketones is 1. The van der Waals surface area contributed by atoms with Crippen LogP contribution >= 0.6 is 0 Å². The van der Waals surface area contributed by atoms with Crippen LogP contribution in [0.4, 0.5) is 0 Å². The maximum atomic E-state index is 12.3. The summed E-state index contributed by atoms with van der Waals surface area (Å²) in [4.78, 5) is 24.0. The van der Waals surface area contributed by atoms with Gasteiger partial charge < -0.3 is 24.4 Å². The van der Waals surface area contributed by atoms with Crippen LogP contribution < -0.4 is 0 Å². The van der Waals surface area contributed by atoms with Gasteiger partial charge in [-0.25, -0.2) is 0 Å². The highest BCUT2D eigenvalue weighted by atomic mass is 16.9. The highest BCUT2D eigenvalue weighted by Gasteiger charge is 2.69. The van der Waals surface area contributed by atoms with Crippen molar-refractivity contribution in [1.82, 2.24) is 0 Å². The lowest BCUT2D eigenvalue weighted by molar-refractivity contribution is -0.319. The highest BCUT2D eigenvalue weighted by molar-refractivity contribution is 5.79. The van der Waals surface area contributed by atoms with E-state index in [0.717, 1.165) is 44.9 Å². The van der Waals surface area contributed by atoms with Crippen molar-refractivity contribution in [3.05, 3.63) is 0 Å². The second-order valence-electron chi connectivity index (χ2n) is 15.3. The molecule has 4 aliphatic carbocycles. The summed E-state index contributed by atoms with van der Waals surface area (Å²) in [5.41, 5.74) is -1.56. The third kappa shape index (κ3) is 4.71. The number of aliphatic hydroxyl groups is 2. The SMILES string of the molecule is CC(=O)OC(C)(C)C(C)C[C@H]1OC(C)(O)O[C@@]1(C)[C@H]1[C@@H](O)C[C@H]2[C@@H]3CC[C@H]4CC(=O)CC[C@]4(C)[C@H]3CC[C@@]21C. The van der Waals surface area contributed by atoms with Crippen LogP contribution in [0.3, 0.4) is 0 Å². The zero-order valence-corrected chi connectivity index (χ0v) is 25.4. The molecule has 0 aromatic rings. The van der Waals surface area contributed by atoms with E-state index in [0.29, 0.717) is 42.3 Å². The summed E-state index contributed by atoms with van der Waals surface area (Å²) in [5.74, 6) is 0.0803. The molecule has 0 spiro atoms. The van der Waals surface area contributed by atoms with E-state index < -0.39 is 29.4 Å². The van der Waals surface area contributed by atoms with E-state index in [1.54, 1.807) is 0 Å². The molecule has 5 rings (SSSR count). The standard InChI is InChI=1S/C32H52O7/c1-18(28(3,4)37-19(2)33)15-26-31(7,39-32(8,36)38-26)27-25(35)17-24-22-10-9-20-16-21(34)11-13-29(20,5)23(22)12-14-30(24,27)6/h18,20,22-27,35-36H,9-17H2,1-8H3/t18?,20-,22+,23-,24-,25-,26+,27-,29-,30-,31+,32?/m0/s1. The summed E-state index contributed by atoms with van der Waals surface area (Å²) in [6.45, 7) is 15.6. The minimum atomic E-state index is -1.75. The van der Waals surface area contributed by atoms with Gasteiger partial charge in [0.25, 0.3) is 5.97 Å². The molecule has 0 amide bonds. The number of carbonyl (C=O) groups is 2. The molecule has 2 unspecified atom stereocenters. The van der Waals surface area contributed by atoms with Crippen molar-refractivity contribution in [3.63, 3.8) is 0 Å². The maximum absolute atomic E-state index is 12.3. The number of aliphatic hydroxyl groups excluding tert-OH is 1. The van der Waals surface area contributed by atoms with Crippen LogP contribution in [-0.4, -0.2) is 51.3 Å². The van der Waals surface area contributed by atoms with Crippen LogP contribution in [0.5, 0.6) is 0 Å². The lowest BCUT2D eigenvalue weighted by Crippen LogP contribution is -2.58. The van der Waals surface area contributed by atoms with Gasteiger partial charge in [-0.2, -0.15) is 0 Å². The van der Waals surface area contributed by atoms with Gasteiger partial charge in [0.15, 0.2) is 0 Å². The molecule has 0 aromatic heterocycles. The van der Waals surface area contributed by atoms with Gasteiger partial charge in [-0.3, -0.25) is 9.59 Å². The Balaban J connectivity index is 1.43. The van der Waals surface area contributed by atoms with Crippen LogP contribution in [0.2, 0.25) is 0 Å². The van der Waals surface area contributed by atoms with Gasteiger partial charge in [-0.05, 0) is 106 Å². The second kappa shape index (κ2) is 9.50. The van der Waals surface area contributed by atoms with Crippen LogP contribution in [0.1, 0.15) is 113 Å². The van der Waals surface area contributed by atoms with Crippen molar-refractivity contribution >= 4 is 11.8 Å². The Bertz CT molecular complexity index is 991. The Morgan fingerprint density at radius 1 is 1.10 bits per heavy atom. The molecule has 1 aliphatic heterocycles. The van der Waals surface area contributed by atoms with Gasteiger partial charge in [0.1, 0.15) is 17.0 Å². The van der Waals surface area contributed by atoms with E-state index in [1.807, 2.05) is 27.7 Å². The summed E-state index contributed by atoms with van der Waals surface area (Å²) < 4.78 is 18.2. The van der Waals surface area contributed by atoms with Crippen molar-refractivity contribution < 1.29 is 34.0 Å². The Kier molecular flexibility index (Phi) is 7.18. The van der Waals surface area contributed by atoms with Crippen molar-refractivity contribution in [2.45, 2.75) is 143 Å². The molecule has 0 bridgehead atoms. The third-order valence-corrected chi connectivity index (χ3v) is 12.7. The monoisotopic (exact) mass is 548 g/mol. The number of carbonyl (C=O) groups excluding carboxylic acids is 2. The van der Waals surface area contributed by atoms with E-state index in [2.05, 4.69) is 13.8 Å². The molecule has 39 heavy (non-hydrogen) atoms. The number of fused-ring (bicyclic) bond motifs is 5. The fourth-order valence-corrected chi connectivity index (χ4v) is 10.6. The van der Waals surface area contributed by atoms with Crippen molar-refractivity contribution in [2.24, 2.45) is 46.3 Å². The summed E-state index contributed by atoms with van der Waals surface area (Å²) in [5, 5.41) is 22.8. The van der Waals surface area contributed by atoms with Gasteiger partial charge >= 0.3 is 5.97 Å². The van der Waals surface area contributed by atoms with Crippen molar-refractivity contribution in [2.75, 3.05) is 0 Å². The fraction of sp³-hybridized carbons (Fsp3) is 0.938. The number of ether oxygens (including phenoxy) is 3. The molecule has 0 aromatic carbocycles. The molecule has 1 saturated heterocycles. The minimum absolute atomic E-state index is 0.0645. The molecule has 2 N–H and O–H groups in total. The predicted octanol–water partition coefficient (Wildman–Crippen LogP) is 5.39. The molecule has 4 saturated carbocycles. The summed E-state index contributed by atoms with van der Waals surface area (Å²) in [7, 11) is 0. The minimum Gasteiger partial charge on any atom is -0.460 e. The highest BCUT2D eigenvalue weighted by Crippen LogP contribution is 2.69. The second-order valence-corrected chi connectivity index (χ2v) is 15.3. The molecular formula is C32H52O7. The third-order valence-electron chi connectivity index (χ3n) is 12.7. The van der Waals surface area contributed by atoms with Crippen LogP contribution in [0, 0.1) is 46.3 Å². The van der Waals surface area contributed by atoms with Crippen LogP contribution in [0.25, 0.3) is 0 Å². The van der Waals surface area contributed by atoms with Gasteiger partial charge in [0.05, 0.1) is 12.2 Å². The summed E-state index contributed by atoms with van der Waals surface area (Å²) in [6.07, 6.45) is 7.04. The topological polar surface area (TPSA) is 102 Å². The first-order chi connectivity index (χ1) is 17.9. The van der Waals surface area contributed by atoms with E-state index >= 15 is 0 Å². The first-order valence-corrected chi connectivity index (χ1v) is 15.4. The van der Waals surface area contributed by atoms with E-state index in [9.17, 15) is 19.8 Å². The first-order valence-electron chi connectivity index (χ1n) is 15.4. The average Bonchev–Trinajstić information content (AvgIpc) is 3.20. The lowest BCUT2D eigenvalue weighted by Gasteiger charge is -2.61. The van der Waals surface area contributed by atoms with E-state index in [1.165, 1.54) is 13.8 Å². The molecular weight excluding hydrogens is 496 g/mol. The maximum Gasteiger partial charge on any atom is 0.303 e. The van der Waals surface area contributed by atoms with E-state index in [4.69, 9.17) is 14.2 Å². The van der Waals surface area contributed by atoms with Gasteiger partial charge in [0, 0.05) is 32.6 Å². The molecule has 0 radical (unpaired) electrons.